The van der Waals surface area contributed by atoms with Gasteiger partial charge in [0.2, 0.25) is 0 Å². The highest BCUT2D eigenvalue weighted by atomic mass is 16.5. The van der Waals surface area contributed by atoms with Crippen molar-refractivity contribution < 1.29 is 9.47 Å². The highest BCUT2D eigenvalue weighted by Crippen LogP contribution is 2.38. The Balaban J connectivity index is 1.69. The van der Waals surface area contributed by atoms with Gasteiger partial charge in [0, 0.05) is 12.5 Å². The zero-order valence-electron chi connectivity index (χ0n) is 13.1. The summed E-state index contributed by atoms with van der Waals surface area (Å²) in [5.41, 5.74) is 1.42. The first-order chi connectivity index (χ1) is 10.4. The monoisotopic (exact) mass is 289 g/mol. The molecule has 2 unspecified atom stereocenters. The van der Waals surface area contributed by atoms with Crippen LogP contribution in [0.1, 0.15) is 56.9 Å². The number of hydrogen-bond acceptors (Lipinski definition) is 3. The third-order valence-corrected chi connectivity index (χ3v) is 4.60. The third-order valence-electron chi connectivity index (χ3n) is 4.60. The lowest BCUT2D eigenvalue weighted by Gasteiger charge is -2.30. The summed E-state index contributed by atoms with van der Waals surface area (Å²) in [6.45, 7) is 4.90. The van der Waals surface area contributed by atoms with Crippen LogP contribution in [0.4, 0.5) is 0 Å². The molecule has 0 bridgehead atoms. The van der Waals surface area contributed by atoms with Gasteiger partial charge in [-0.05, 0) is 55.8 Å². The van der Waals surface area contributed by atoms with Gasteiger partial charge in [-0.15, -0.1) is 0 Å². The lowest BCUT2D eigenvalue weighted by Crippen LogP contribution is -2.34. The van der Waals surface area contributed by atoms with E-state index in [-0.39, 0.29) is 0 Å². The smallest absolute Gasteiger partial charge is 0.161 e. The average Bonchev–Trinajstić information content (AvgIpc) is 2.77. The molecule has 1 saturated carbocycles. The van der Waals surface area contributed by atoms with E-state index in [1.165, 1.54) is 37.7 Å². The molecule has 1 aromatic rings. The van der Waals surface area contributed by atoms with E-state index >= 15 is 0 Å². The molecule has 0 amide bonds. The number of fused-ring (bicyclic) bond motifs is 1. The first kappa shape index (κ1) is 14.7. The highest BCUT2D eigenvalue weighted by molar-refractivity contribution is 5.44. The molecule has 1 heterocycles. The minimum absolute atomic E-state index is 0.658. The number of nitrogens with one attached hydrogen (secondary N) is 1. The second-order valence-corrected chi connectivity index (χ2v) is 6.27. The van der Waals surface area contributed by atoms with Crippen molar-refractivity contribution in [3.8, 4) is 11.5 Å². The van der Waals surface area contributed by atoms with E-state index in [0.29, 0.717) is 12.0 Å². The Kier molecular flexibility index (Phi) is 5.02. The van der Waals surface area contributed by atoms with Crippen LogP contribution >= 0.6 is 0 Å². The first-order valence-electron chi connectivity index (χ1n) is 8.49. The van der Waals surface area contributed by atoms with Crippen LogP contribution < -0.4 is 14.8 Å². The van der Waals surface area contributed by atoms with Gasteiger partial charge in [0.25, 0.3) is 0 Å². The maximum atomic E-state index is 5.83. The van der Waals surface area contributed by atoms with Gasteiger partial charge in [0.15, 0.2) is 11.5 Å². The van der Waals surface area contributed by atoms with Crippen molar-refractivity contribution in [3.63, 3.8) is 0 Å². The minimum atomic E-state index is 0.658. The van der Waals surface area contributed by atoms with Crippen LogP contribution in [0.3, 0.4) is 0 Å². The highest BCUT2D eigenvalue weighted by Gasteiger charge is 2.24. The fourth-order valence-corrected chi connectivity index (χ4v) is 3.46. The Morgan fingerprint density at radius 3 is 2.81 bits per heavy atom. The standard InChI is InChI=1S/C18H27NO2/c1-2-9-19-16-6-3-5-14(12-16)15-7-8-17-18(13-15)21-11-4-10-20-17/h7-8,13-14,16,19H,2-6,9-12H2,1H3. The molecule has 0 radical (unpaired) electrons. The van der Waals surface area contributed by atoms with E-state index in [1.807, 2.05) is 0 Å². The van der Waals surface area contributed by atoms with E-state index < -0.39 is 0 Å². The second-order valence-electron chi connectivity index (χ2n) is 6.27. The fourth-order valence-electron chi connectivity index (χ4n) is 3.46. The van der Waals surface area contributed by atoms with Crippen molar-refractivity contribution in [3.05, 3.63) is 23.8 Å². The molecule has 116 valence electrons. The van der Waals surface area contributed by atoms with Crippen LogP contribution in [0.2, 0.25) is 0 Å². The van der Waals surface area contributed by atoms with Crippen molar-refractivity contribution in [2.75, 3.05) is 19.8 Å². The molecule has 2 aliphatic rings. The molecule has 1 aliphatic heterocycles. The zero-order valence-corrected chi connectivity index (χ0v) is 13.1. The average molecular weight is 289 g/mol. The Labute approximate surface area is 128 Å². The van der Waals surface area contributed by atoms with Gasteiger partial charge < -0.3 is 14.8 Å². The summed E-state index contributed by atoms with van der Waals surface area (Å²) in [7, 11) is 0. The molecule has 2 atom stereocenters. The number of hydrogen-bond donors (Lipinski definition) is 1. The van der Waals surface area contributed by atoms with Crippen molar-refractivity contribution in [2.45, 2.75) is 57.4 Å². The lowest BCUT2D eigenvalue weighted by molar-refractivity contribution is 0.296. The first-order valence-corrected chi connectivity index (χ1v) is 8.49. The molecule has 0 spiro atoms. The SMILES string of the molecule is CCCNC1CCCC(c2ccc3c(c2)OCCCO3)C1. The van der Waals surface area contributed by atoms with E-state index in [1.54, 1.807) is 0 Å². The second kappa shape index (κ2) is 7.17. The molecule has 1 aromatic carbocycles. The van der Waals surface area contributed by atoms with Gasteiger partial charge >= 0.3 is 0 Å². The summed E-state index contributed by atoms with van der Waals surface area (Å²) in [5, 5.41) is 3.69. The number of ether oxygens (including phenoxy) is 2. The molecule has 1 N–H and O–H groups in total. The van der Waals surface area contributed by atoms with Gasteiger partial charge in [0.05, 0.1) is 13.2 Å². The Morgan fingerprint density at radius 2 is 1.95 bits per heavy atom. The van der Waals surface area contributed by atoms with Crippen LogP contribution in [0.5, 0.6) is 11.5 Å². The van der Waals surface area contributed by atoms with Crippen LogP contribution in [0, 0.1) is 0 Å². The Bertz CT molecular complexity index is 461. The Morgan fingerprint density at radius 1 is 1.10 bits per heavy atom. The summed E-state index contributed by atoms with van der Waals surface area (Å²) in [6.07, 6.45) is 7.37. The summed E-state index contributed by atoms with van der Waals surface area (Å²) < 4.78 is 11.6. The number of benzene rings is 1. The van der Waals surface area contributed by atoms with Crippen molar-refractivity contribution in [1.82, 2.24) is 5.32 Å². The van der Waals surface area contributed by atoms with Crippen molar-refractivity contribution >= 4 is 0 Å². The predicted octanol–water partition coefficient (Wildman–Crippen LogP) is 3.87. The van der Waals surface area contributed by atoms with Gasteiger partial charge in [-0.1, -0.05) is 19.4 Å². The lowest BCUT2D eigenvalue weighted by atomic mass is 9.81. The van der Waals surface area contributed by atoms with Gasteiger partial charge in [0.1, 0.15) is 0 Å². The predicted molar refractivity (Wildman–Crippen MR) is 85.3 cm³/mol. The van der Waals surface area contributed by atoms with Crippen LogP contribution in [-0.2, 0) is 0 Å². The topological polar surface area (TPSA) is 30.5 Å². The fraction of sp³-hybridized carbons (Fsp3) is 0.667. The summed E-state index contributed by atoms with van der Waals surface area (Å²) in [5.74, 6) is 2.51. The Hall–Kier alpha value is -1.22. The normalized spacial score (nSPS) is 25.4. The maximum absolute atomic E-state index is 5.83. The van der Waals surface area contributed by atoms with Crippen molar-refractivity contribution in [2.24, 2.45) is 0 Å². The molecular weight excluding hydrogens is 262 g/mol. The van der Waals surface area contributed by atoms with Crippen LogP contribution in [0.15, 0.2) is 18.2 Å². The van der Waals surface area contributed by atoms with E-state index in [9.17, 15) is 0 Å². The largest absolute Gasteiger partial charge is 0.490 e. The van der Waals surface area contributed by atoms with Gasteiger partial charge in [-0.2, -0.15) is 0 Å². The maximum Gasteiger partial charge on any atom is 0.161 e. The summed E-state index contributed by atoms with van der Waals surface area (Å²) in [4.78, 5) is 0. The third kappa shape index (κ3) is 3.70. The molecular formula is C18H27NO2. The van der Waals surface area contributed by atoms with E-state index in [4.69, 9.17) is 9.47 Å². The molecule has 21 heavy (non-hydrogen) atoms. The molecule has 0 saturated heterocycles. The minimum Gasteiger partial charge on any atom is -0.490 e. The number of rotatable bonds is 4. The van der Waals surface area contributed by atoms with E-state index in [0.717, 1.165) is 37.7 Å². The van der Waals surface area contributed by atoms with Gasteiger partial charge in [-0.3, -0.25) is 0 Å². The molecule has 1 fully saturated rings. The van der Waals surface area contributed by atoms with Crippen LogP contribution in [-0.4, -0.2) is 25.8 Å². The molecule has 0 aromatic heterocycles. The van der Waals surface area contributed by atoms with Gasteiger partial charge in [-0.25, -0.2) is 0 Å². The van der Waals surface area contributed by atoms with E-state index in [2.05, 4.69) is 30.4 Å². The molecule has 3 heteroatoms. The van der Waals surface area contributed by atoms with Crippen LogP contribution in [0.25, 0.3) is 0 Å². The molecule has 1 aliphatic carbocycles. The summed E-state index contributed by atoms with van der Waals surface area (Å²) in [6, 6.07) is 7.23. The zero-order chi connectivity index (χ0) is 14.5. The molecule has 3 rings (SSSR count). The van der Waals surface area contributed by atoms with Crippen molar-refractivity contribution in [1.29, 1.82) is 0 Å². The quantitative estimate of drug-likeness (QED) is 0.912. The summed E-state index contributed by atoms with van der Waals surface area (Å²) >= 11 is 0. The molecule has 3 nitrogen and oxygen atoms in total.